The third-order valence-electron chi connectivity index (χ3n) is 5.76. The molecule has 4 rings (SSSR count). The Bertz CT molecular complexity index is 590. The van der Waals surface area contributed by atoms with E-state index in [-0.39, 0.29) is 24.0 Å². The van der Waals surface area contributed by atoms with E-state index in [0.717, 1.165) is 19.4 Å². The minimum atomic E-state index is -0.124. The molecule has 0 unspecified atom stereocenters. The van der Waals surface area contributed by atoms with Gasteiger partial charge in [0.2, 0.25) is 11.8 Å². The van der Waals surface area contributed by atoms with Crippen molar-refractivity contribution in [1.29, 1.82) is 0 Å². The first-order valence-corrected chi connectivity index (χ1v) is 9.26. The predicted molar refractivity (Wildman–Crippen MR) is 91.3 cm³/mol. The maximum atomic E-state index is 12.6. The van der Waals surface area contributed by atoms with Gasteiger partial charge in [0, 0.05) is 31.3 Å². The zero-order valence-corrected chi connectivity index (χ0v) is 14.6. The number of pyridine rings is 1. The smallest absolute Gasteiger partial charge is 0.248 e. The van der Waals surface area contributed by atoms with Crippen molar-refractivity contribution in [3.63, 3.8) is 0 Å². The molecule has 3 heterocycles. The summed E-state index contributed by atoms with van der Waals surface area (Å²) in [7, 11) is 0. The van der Waals surface area contributed by atoms with Gasteiger partial charge in [-0.3, -0.25) is 4.79 Å². The Kier molecular flexibility index (Phi) is 4.90. The lowest BCUT2D eigenvalue weighted by Crippen LogP contribution is -2.39. The summed E-state index contributed by atoms with van der Waals surface area (Å²) in [5.41, 5.74) is -0.124. The molecule has 1 amide bonds. The van der Waals surface area contributed by atoms with E-state index in [0.29, 0.717) is 38.2 Å². The summed E-state index contributed by atoms with van der Waals surface area (Å²) in [6.45, 7) is 3.48. The highest BCUT2D eigenvalue weighted by molar-refractivity contribution is 5.78. The van der Waals surface area contributed by atoms with Gasteiger partial charge in [-0.05, 0) is 18.9 Å². The standard InChI is InChI=1S/C19H26N2O4/c22-18(11-24-16-5-1-2-6-16)21-9-15-10-23-13-19(15,12-21)14-25-17-7-3-4-8-20-17/h3-4,7-8,15-16H,1-2,5-6,9-14H2/t15-,19+/m1/s1. The second-order valence-electron chi connectivity index (χ2n) is 7.52. The van der Waals surface area contributed by atoms with Gasteiger partial charge in [0.15, 0.2) is 0 Å². The highest BCUT2D eigenvalue weighted by Crippen LogP contribution is 2.41. The van der Waals surface area contributed by atoms with Crippen molar-refractivity contribution in [2.75, 3.05) is 39.5 Å². The summed E-state index contributed by atoms with van der Waals surface area (Å²) in [5, 5.41) is 0. The number of amides is 1. The van der Waals surface area contributed by atoms with Gasteiger partial charge in [0.1, 0.15) is 6.61 Å². The van der Waals surface area contributed by atoms with E-state index < -0.39 is 0 Å². The number of hydrogen-bond donors (Lipinski definition) is 0. The molecule has 0 bridgehead atoms. The number of aromatic nitrogens is 1. The molecule has 2 aliphatic heterocycles. The number of nitrogens with zero attached hydrogens (tertiary/aromatic N) is 2. The minimum absolute atomic E-state index is 0.0958. The monoisotopic (exact) mass is 346 g/mol. The first-order chi connectivity index (χ1) is 12.3. The van der Waals surface area contributed by atoms with E-state index in [1.807, 2.05) is 23.1 Å². The molecule has 1 saturated carbocycles. The SMILES string of the molecule is O=C(COC1CCCC1)N1C[C@@H]2COC[C@]2(COc2ccccn2)C1. The van der Waals surface area contributed by atoms with Crippen LogP contribution in [0, 0.1) is 11.3 Å². The van der Waals surface area contributed by atoms with Crippen molar-refractivity contribution in [2.24, 2.45) is 11.3 Å². The molecule has 1 aliphatic carbocycles. The van der Waals surface area contributed by atoms with Crippen molar-refractivity contribution >= 4 is 5.91 Å². The van der Waals surface area contributed by atoms with E-state index in [1.54, 1.807) is 6.20 Å². The average molecular weight is 346 g/mol. The first kappa shape index (κ1) is 16.8. The normalized spacial score (nSPS) is 29.1. The van der Waals surface area contributed by atoms with Crippen LogP contribution >= 0.6 is 0 Å². The van der Waals surface area contributed by atoms with E-state index in [4.69, 9.17) is 14.2 Å². The number of ether oxygens (including phenoxy) is 3. The van der Waals surface area contributed by atoms with E-state index in [9.17, 15) is 4.79 Å². The molecule has 0 aromatic carbocycles. The molecule has 2 atom stereocenters. The quantitative estimate of drug-likeness (QED) is 0.787. The minimum Gasteiger partial charge on any atom is -0.477 e. The lowest BCUT2D eigenvalue weighted by atomic mass is 9.82. The molecule has 6 nitrogen and oxygen atoms in total. The van der Waals surface area contributed by atoms with Crippen molar-refractivity contribution in [2.45, 2.75) is 31.8 Å². The Labute approximate surface area is 148 Å². The van der Waals surface area contributed by atoms with Crippen LogP contribution in [0.2, 0.25) is 0 Å². The van der Waals surface area contributed by atoms with Crippen LogP contribution in [0.25, 0.3) is 0 Å². The van der Waals surface area contributed by atoms with Crippen LogP contribution < -0.4 is 4.74 Å². The summed E-state index contributed by atoms with van der Waals surface area (Å²) in [6.07, 6.45) is 6.61. The summed E-state index contributed by atoms with van der Waals surface area (Å²) >= 11 is 0. The second-order valence-corrected chi connectivity index (χ2v) is 7.52. The Morgan fingerprint density at radius 3 is 3.04 bits per heavy atom. The molecule has 2 saturated heterocycles. The van der Waals surface area contributed by atoms with Gasteiger partial charge in [-0.2, -0.15) is 0 Å². The van der Waals surface area contributed by atoms with E-state index in [2.05, 4.69) is 4.98 Å². The van der Waals surface area contributed by atoms with Gasteiger partial charge in [0.05, 0.1) is 31.3 Å². The molecule has 1 aromatic heterocycles. The van der Waals surface area contributed by atoms with Crippen LogP contribution in [0.1, 0.15) is 25.7 Å². The zero-order valence-electron chi connectivity index (χ0n) is 14.6. The molecular formula is C19H26N2O4. The fourth-order valence-corrected chi connectivity index (χ4v) is 4.21. The van der Waals surface area contributed by atoms with Gasteiger partial charge in [-0.15, -0.1) is 0 Å². The van der Waals surface area contributed by atoms with Crippen LogP contribution in [0.15, 0.2) is 24.4 Å². The lowest BCUT2D eigenvalue weighted by molar-refractivity contribution is -0.137. The summed E-state index contributed by atoms with van der Waals surface area (Å²) < 4.78 is 17.4. The third-order valence-corrected chi connectivity index (χ3v) is 5.76. The van der Waals surface area contributed by atoms with Gasteiger partial charge in [-0.1, -0.05) is 18.9 Å². The van der Waals surface area contributed by atoms with Crippen LogP contribution in [-0.4, -0.2) is 61.4 Å². The van der Waals surface area contributed by atoms with Gasteiger partial charge in [-0.25, -0.2) is 4.98 Å². The molecule has 136 valence electrons. The summed E-state index contributed by atoms with van der Waals surface area (Å²) in [5.74, 6) is 1.04. The van der Waals surface area contributed by atoms with Crippen LogP contribution in [0.5, 0.6) is 5.88 Å². The van der Waals surface area contributed by atoms with Gasteiger partial charge < -0.3 is 19.1 Å². The molecular weight excluding hydrogens is 320 g/mol. The van der Waals surface area contributed by atoms with Crippen molar-refractivity contribution in [3.05, 3.63) is 24.4 Å². The topological polar surface area (TPSA) is 60.9 Å². The maximum Gasteiger partial charge on any atom is 0.248 e. The molecule has 0 radical (unpaired) electrons. The number of likely N-dealkylation sites (tertiary alicyclic amines) is 1. The largest absolute Gasteiger partial charge is 0.477 e. The molecule has 0 N–H and O–H groups in total. The summed E-state index contributed by atoms with van der Waals surface area (Å²) in [6, 6.07) is 5.63. The highest BCUT2D eigenvalue weighted by Gasteiger charge is 2.52. The number of carbonyl (C=O) groups excluding carboxylic acids is 1. The third kappa shape index (κ3) is 3.65. The van der Waals surface area contributed by atoms with Crippen LogP contribution in [0.4, 0.5) is 0 Å². The maximum absolute atomic E-state index is 12.6. The summed E-state index contributed by atoms with van der Waals surface area (Å²) in [4.78, 5) is 18.7. The molecule has 1 aromatic rings. The van der Waals surface area contributed by atoms with Gasteiger partial charge in [0.25, 0.3) is 0 Å². The number of rotatable bonds is 6. The Balaban J connectivity index is 1.33. The van der Waals surface area contributed by atoms with Crippen molar-refractivity contribution in [1.82, 2.24) is 9.88 Å². The van der Waals surface area contributed by atoms with Crippen LogP contribution in [-0.2, 0) is 14.3 Å². The van der Waals surface area contributed by atoms with Crippen molar-refractivity contribution < 1.29 is 19.0 Å². The molecule has 3 fully saturated rings. The molecule has 6 heteroatoms. The number of fused-ring (bicyclic) bond motifs is 1. The van der Waals surface area contributed by atoms with Crippen LogP contribution in [0.3, 0.4) is 0 Å². The predicted octanol–water partition coefficient (Wildman–Crippen LogP) is 1.89. The fourth-order valence-electron chi connectivity index (χ4n) is 4.21. The Hall–Kier alpha value is -1.66. The van der Waals surface area contributed by atoms with E-state index >= 15 is 0 Å². The fraction of sp³-hybridized carbons (Fsp3) is 0.684. The second kappa shape index (κ2) is 7.30. The zero-order chi connectivity index (χ0) is 17.1. The Morgan fingerprint density at radius 2 is 2.24 bits per heavy atom. The van der Waals surface area contributed by atoms with Crippen molar-refractivity contribution in [3.8, 4) is 5.88 Å². The van der Waals surface area contributed by atoms with E-state index in [1.165, 1.54) is 12.8 Å². The number of carbonyl (C=O) groups is 1. The lowest BCUT2D eigenvalue weighted by Gasteiger charge is -2.26. The Morgan fingerprint density at radius 1 is 1.36 bits per heavy atom. The molecule has 3 aliphatic rings. The first-order valence-electron chi connectivity index (χ1n) is 9.26. The average Bonchev–Trinajstić information content (AvgIpc) is 3.34. The molecule has 25 heavy (non-hydrogen) atoms. The molecule has 0 spiro atoms. The highest BCUT2D eigenvalue weighted by atomic mass is 16.5. The number of hydrogen-bond acceptors (Lipinski definition) is 5. The van der Waals surface area contributed by atoms with Gasteiger partial charge >= 0.3 is 0 Å².